The van der Waals surface area contributed by atoms with Crippen molar-refractivity contribution in [3.8, 4) is 45.7 Å². The van der Waals surface area contributed by atoms with Gasteiger partial charge in [0.1, 0.15) is 34.2 Å². The van der Waals surface area contributed by atoms with Crippen LogP contribution in [0.25, 0.3) is 34.2 Å². The van der Waals surface area contributed by atoms with Crippen molar-refractivity contribution in [3.05, 3.63) is 94.6 Å². The number of methoxy groups -OCH3 is 2. The predicted molar refractivity (Wildman–Crippen MR) is 275 cm³/mol. The first kappa shape index (κ1) is 51.7. The van der Waals surface area contributed by atoms with Gasteiger partial charge in [0.05, 0.1) is 53.5 Å². The van der Waals surface area contributed by atoms with Crippen molar-refractivity contribution in [2.45, 2.75) is 114 Å². The van der Waals surface area contributed by atoms with Gasteiger partial charge in [0.2, 0.25) is 5.91 Å². The Balaban J connectivity index is 0.000000150. The van der Waals surface area contributed by atoms with Crippen LogP contribution in [-0.2, 0) is 44.7 Å². The highest BCUT2D eigenvalue weighted by atomic mass is 79.9. The van der Waals surface area contributed by atoms with Crippen LogP contribution in [-0.4, -0.2) is 138 Å². The van der Waals surface area contributed by atoms with Crippen molar-refractivity contribution in [2.24, 2.45) is 0 Å². The molecule has 1 unspecified atom stereocenters. The predicted octanol–water partition coefficient (Wildman–Crippen LogP) is 7.02. The minimum absolute atomic E-state index is 0.0396. The smallest absolute Gasteiger partial charge is 0.410 e. The van der Waals surface area contributed by atoms with Crippen molar-refractivity contribution >= 4 is 51.5 Å². The van der Waals surface area contributed by atoms with Crippen molar-refractivity contribution in [2.75, 3.05) is 40.4 Å². The molecule has 4 amide bonds. The summed E-state index contributed by atoms with van der Waals surface area (Å²) in [6.45, 7) is 12.5. The number of nitrogens with one attached hydrogen (secondary N) is 3. The Morgan fingerprint density at radius 3 is 1.76 bits per heavy atom. The van der Waals surface area contributed by atoms with Gasteiger partial charge in [-0.15, -0.1) is 0 Å². The summed E-state index contributed by atoms with van der Waals surface area (Å²) in [5.41, 5.74) is 6.47. The molecule has 3 aromatic heterocycles. The number of alkyl halides is 1. The standard InChI is InChI=1S/C27H29N5O4.C15H13BrN2O2.C12H18N2O4/c1-26(2,3)36-25(34)32-13-27(14-32)11-19-20(24(33)31-27)18-9-8-16-12-28-23(30-21(16)22(18)29-19)15-6-5-7-17(10-15)35-4;1-20-11-4-2-3-9(7-11)15-17-8-10-5-6-12(16)14(19)13(10)18-15;1-11(2,3)18-10(17)14-6-12(7-14)5-8(15)4-9(16)13-12/h5-7,10,12,29H,8-9,11,13-14H2,1-4H3,(H,31,33);2-4,7-8,12H,5-6H2,1H3;4-7H2,1-3H3,(H,13,16). The number of aromatic nitrogens is 5. The molecule has 5 aromatic rings. The van der Waals surface area contributed by atoms with E-state index in [0.29, 0.717) is 56.4 Å². The van der Waals surface area contributed by atoms with Crippen molar-refractivity contribution < 1.29 is 47.7 Å². The Morgan fingerprint density at radius 1 is 0.703 bits per heavy atom. The van der Waals surface area contributed by atoms with Crippen LogP contribution in [0.5, 0.6) is 11.5 Å². The maximum Gasteiger partial charge on any atom is 0.410 e. The number of carbonyl (C=O) groups is 6. The first-order valence-electron chi connectivity index (χ1n) is 24.6. The van der Waals surface area contributed by atoms with Gasteiger partial charge < -0.3 is 44.4 Å². The third kappa shape index (κ3) is 11.0. The topological polar surface area (TPSA) is 237 Å². The number of halogens is 1. The number of ether oxygens (including phenoxy) is 4. The van der Waals surface area contributed by atoms with E-state index < -0.39 is 28.4 Å². The number of Topliss-reactive ketones (excluding diaryl/α,β-unsaturated/α-hetero) is 2. The highest BCUT2D eigenvalue weighted by Gasteiger charge is 2.52. The number of benzene rings is 2. The number of rotatable bonds is 4. The molecule has 4 aliphatic heterocycles. The molecular formula is C54H60BrN9O10. The maximum absolute atomic E-state index is 13.3. The molecule has 2 aromatic carbocycles. The maximum atomic E-state index is 13.3. The summed E-state index contributed by atoms with van der Waals surface area (Å²) in [6.07, 6.45) is 6.92. The number of aryl methyl sites for hydroxylation is 2. The van der Waals surface area contributed by atoms with Gasteiger partial charge in [-0.3, -0.25) is 19.2 Å². The highest BCUT2D eigenvalue weighted by Crippen LogP contribution is 2.41. The number of likely N-dealkylation sites (tertiary alicyclic amines) is 2. The molecule has 20 heteroatoms. The molecule has 0 saturated carbocycles. The van der Waals surface area contributed by atoms with Crippen LogP contribution in [0.2, 0.25) is 0 Å². The van der Waals surface area contributed by atoms with Crippen molar-refractivity contribution in [3.63, 3.8) is 0 Å². The third-order valence-electron chi connectivity index (χ3n) is 13.3. The van der Waals surface area contributed by atoms with E-state index >= 15 is 0 Å². The lowest BCUT2D eigenvalue weighted by molar-refractivity contribution is -0.138. The third-order valence-corrected chi connectivity index (χ3v) is 14.2. The SMILES string of the molecule is CC(C)(C)OC(=O)N1CC2(CC(=O)CC(=O)N2)C1.COc1cccc(-c2ncc3c(n2)-c2[nH]c4c(c2CC3)C(=O)NC2(C4)CN(C(=O)OC(C)(C)C)C2)c1.COc1cccc(-c2ncc3c(n2)C(=O)C(Br)CC3)c1. The van der Waals surface area contributed by atoms with E-state index in [2.05, 4.69) is 46.5 Å². The summed E-state index contributed by atoms with van der Waals surface area (Å²) < 4.78 is 21.3. The van der Waals surface area contributed by atoms with Crippen LogP contribution in [0.15, 0.2) is 60.9 Å². The number of hydrogen-bond donors (Lipinski definition) is 3. The molecule has 2 aliphatic carbocycles. The zero-order valence-corrected chi connectivity index (χ0v) is 44.4. The summed E-state index contributed by atoms with van der Waals surface area (Å²) in [5, 5.41) is 5.99. The second kappa shape index (κ2) is 19.9. The van der Waals surface area contributed by atoms with Gasteiger partial charge in [0.25, 0.3) is 5.91 Å². The molecule has 2 spiro atoms. The second-order valence-corrected chi connectivity index (χ2v) is 22.7. The molecule has 0 bridgehead atoms. The lowest BCUT2D eigenvalue weighted by Gasteiger charge is -2.51. The van der Waals surface area contributed by atoms with E-state index in [0.717, 1.165) is 87.6 Å². The molecule has 388 valence electrons. The Labute approximate surface area is 437 Å². The van der Waals surface area contributed by atoms with Gasteiger partial charge in [0.15, 0.2) is 17.4 Å². The van der Waals surface area contributed by atoms with Gasteiger partial charge in [-0.05, 0) is 108 Å². The Hall–Kier alpha value is -7.22. The van der Waals surface area contributed by atoms with Crippen molar-refractivity contribution in [1.29, 1.82) is 0 Å². The molecule has 74 heavy (non-hydrogen) atoms. The lowest BCUT2D eigenvalue weighted by atomic mass is 9.80. The van der Waals surface area contributed by atoms with Crippen LogP contribution in [0, 0.1) is 0 Å². The summed E-state index contributed by atoms with van der Waals surface area (Å²) in [4.78, 5) is 97.2. The van der Waals surface area contributed by atoms with E-state index in [9.17, 15) is 28.8 Å². The summed E-state index contributed by atoms with van der Waals surface area (Å²) in [6, 6.07) is 15.2. The number of ketones is 2. The Bertz CT molecular complexity index is 3060. The monoisotopic (exact) mass is 1070 g/mol. The van der Waals surface area contributed by atoms with Gasteiger partial charge >= 0.3 is 12.2 Å². The number of aromatic amines is 1. The van der Waals surface area contributed by atoms with Crippen LogP contribution in [0.1, 0.15) is 104 Å². The van der Waals surface area contributed by atoms with Crippen LogP contribution in [0.3, 0.4) is 0 Å². The van der Waals surface area contributed by atoms with Gasteiger partial charge in [0, 0.05) is 68.2 Å². The lowest BCUT2D eigenvalue weighted by Crippen LogP contribution is -2.74. The Morgan fingerprint density at radius 2 is 1.23 bits per heavy atom. The fourth-order valence-corrected chi connectivity index (χ4v) is 10.5. The number of H-pyrrole nitrogens is 1. The molecule has 3 saturated heterocycles. The minimum atomic E-state index is -0.555. The molecule has 7 heterocycles. The molecule has 11 rings (SSSR count). The summed E-state index contributed by atoms with van der Waals surface area (Å²) in [5.74, 6) is 2.28. The van der Waals surface area contributed by atoms with E-state index in [-0.39, 0.29) is 40.7 Å². The van der Waals surface area contributed by atoms with E-state index in [4.69, 9.17) is 23.9 Å². The number of nitrogens with zero attached hydrogens (tertiary/aromatic N) is 6. The number of fused-ring (bicyclic) bond motifs is 6. The largest absolute Gasteiger partial charge is 0.497 e. The van der Waals surface area contributed by atoms with E-state index in [1.165, 1.54) is 4.90 Å². The van der Waals surface area contributed by atoms with Gasteiger partial charge in [-0.2, -0.15) is 0 Å². The van der Waals surface area contributed by atoms with Gasteiger partial charge in [-0.1, -0.05) is 40.2 Å². The summed E-state index contributed by atoms with van der Waals surface area (Å²) >= 11 is 3.40. The summed E-state index contributed by atoms with van der Waals surface area (Å²) in [7, 11) is 3.25. The molecule has 6 aliphatic rings. The zero-order valence-electron chi connectivity index (χ0n) is 42.8. The van der Waals surface area contributed by atoms with Crippen LogP contribution in [0.4, 0.5) is 9.59 Å². The molecule has 3 N–H and O–H groups in total. The molecular weight excluding hydrogens is 1010 g/mol. The number of amides is 4. The minimum Gasteiger partial charge on any atom is -0.497 e. The molecule has 3 fully saturated rings. The van der Waals surface area contributed by atoms with Gasteiger partial charge in [-0.25, -0.2) is 29.5 Å². The van der Waals surface area contributed by atoms with Crippen LogP contribution >= 0.6 is 15.9 Å². The fourth-order valence-electron chi connectivity index (χ4n) is 10.0. The van der Waals surface area contributed by atoms with Crippen molar-refractivity contribution in [1.82, 2.24) is 45.4 Å². The normalized spacial score (nSPS) is 18.7. The molecule has 0 radical (unpaired) electrons. The van der Waals surface area contributed by atoms with E-state index in [1.807, 2.05) is 75.5 Å². The first-order valence-corrected chi connectivity index (χ1v) is 25.5. The Kier molecular flexibility index (Phi) is 13.9. The highest BCUT2D eigenvalue weighted by molar-refractivity contribution is 9.10. The number of carbonyl (C=O) groups excluding carboxylic acids is 6. The number of piperidine rings is 1. The average molecular weight is 1080 g/mol. The number of hydrogen-bond acceptors (Lipinski definition) is 14. The van der Waals surface area contributed by atoms with Crippen LogP contribution < -0.4 is 20.1 Å². The molecule has 19 nitrogen and oxygen atoms in total. The zero-order chi connectivity index (χ0) is 52.9. The fraction of sp³-hybridized carbons (Fsp3) is 0.444. The first-order chi connectivity index (χ1) is 35.0. The second-order valence-electron chi connectivity index (χ2n) is 21.6. The quantitative estimate of drug-likeness (QED) is 0.121. The average Bonchev–Trinajstić information content (AvgIpc) is 3.72. The molecule has 1 atom stereocenters. The van der Waals surface area contributed by atoms with E-state index in [1.54, 1.807) is 46.1 Å².